The second-order valence-electron chi connectivity index (χ2n) is 8.13. The van der Waals surface area contributed by atoms with Crippen LogP contribution in [0.5, 0.6) is 0 Å². The minimum absolute atomic E-state index is 0. The third-order valence-electron chi connectivity index (χ3n) is 5.37. The van der Waals surface area contributed by atoms with E-state index in [0.717, 1.165) is 45.1 Å². The number of halogens is 1. The molecule has 150 valence electrons. The van der Waals surface area contributed by atoms with Crippen LogP contribution < -0.4 is 10.6 Å². The van der Waals surface area contributed by atoms with Gasteiger partial charge in [-0.1, -0.05) is 40.0 Å². The van der Waals surface area contributed by atoms with Crippen molar-refractivity contribution in [3.63, 3.8) is 0 Å². The Balaban J connectivity index is 0.00000576. The van der Waals surface area contributed by atoms with Crippen LogP contribution in [0.1, 0.15) is 59.3 Å². The summed E-state index contributed by atoms with van der Waals surface area (Å²) in [7, 11) is 6.19. The first-order valence-electron chi connectivity index (χ1n) is 9.55. The summed E-state index contributed by atoms with van der Waals surface area (Å²) in [5.41, 5.74) is 0.456. The van der Waals surface area contributed by atoms with Gasteiger partial charge >= 0.3 is 0 Å². The summed E-state index contributed by atoms with van der Waals surface area (Å²) in [6.45, 7) is 10.5. The van der Waals surface area contributed by atoms with E-state index in [2.05, 4.69) is 55.4 Å². The second-order valence-corrected chi connectivity index (χ2v) is 8.13. The molecule has 1 rings (SSSR count). The number of aliphatic imine (C=N–C) groups is 1. The highest BCUT2D eigenvalue weighted by Crippen LogP contribution is 2.25. The number of ether oxygens (including phenoxy) is 1. The summed E-state index contributed by atoms with van der Waals surface area (Å²) in [5.74, 6) is 0.909. The van der Waals surface area contributed by atoms with E-state index in [1.165, 1.54) is 25.7 Å². The van der Waals surface area contributed by atoms with Crippen LogP contribution in [0.3, 0.4) is 0 Å². The van der Waals surface area contributed by atoms with Crippen molar-refractivity contribution >= 4 is 29.9 Å². The Bertz CT molecular complexity index is 380. The summed E-state index contributed by atoms with van der Waals surface area (Å²) in [5, 5.41) is 7.06. The van der Waals surface area contributed by atoms with Crippen LogP contribution in [0.4, 0.5) is 0 Å². The van der Waals surface area contributed by atoms with Crippen molar-refractivity contribution in [3.05, 3.63) is 0 Å². The summed E-state index contributed by atoms with van der Waals surface area (Å²) < 4.78 is 5.55. The number of nitrogens with one attached hydrogen (secondary N) is 2. The smallest absolute Gasteiger partial charge is 0.191 e. The molecule has 1 saturated heterocycles. The number of guanidine groups is 1. The summed E-state index contributed by atoms with van der Waals surface area (Å²) in [4.78, 5) is 6.74. The molecule has 0 atom stereocenters. The van der Waals surface area contributed by atoms with E-state index in [4.69, 9.17) is 4.74 Å². The minimum atomic E-state index is 0. The molecular weight excluding hydrogens is 427 g/mol. The molecule has 0 aliphatic carbocycles. The van der Waals surface area contributed by atoms with Gasteiger partial charge in [0.15, 0.2) is 5.96 Å². The molecule has 1 heterocycles. The van der Waals surface area contributed by atoms with Crippen LogP contribution in [0, 0.1) is 5.41 Å². The Morgan fingerprint density at radius 2 is 1.80 bits per heavy atom. The lowest BCUT2D eigenvalue weighted by Gasteiger charge is -2.43. The molecule has 1 fully saturated rings. The molecule has 0 saturated carbocycles. The fraction of sp³-hybridized carbons (Fsp3) is 0.947. The highest BCUT2D eigenvalue weighted by atomic mass is 127. The third kappa shape index (κ3) is 8.91. The average molecular weight is 468 g/mol. The fourth-order valence-corrected chi connectivity index (χ4v) is 3.27. The predicted molar refractivity (Wildman–Crippen MR) is 119 cm³/mol. The van der Waals surface area contributed by atoms with Gasteiger partial charge in [0.1, 0.15) is 0 Å². The van der Waals surface area contributed by atoms with Crippen molar-refractivity contribution in [3.8, 4) is 0 Å². The van der Waals surface area contributed by atoms with Crippen LogP contribution in [0.2, 0.25) is 0 Å². The van der Waals surface area contributed by atoms with Crippen LogP contribution in [0.25, 0.3) is 0 Å². The molecule has 0 aromatic carbocycles. The molecule has 0 aromatic heterocycles. The molecule has 0 unspecified atom stereocenters. The standard InChI is InChI=1S/C19H40N4O.HI/c1-7-8-9-10-18(2,3)15-21-17(20-4)22-16-19(23(5)6)11-13-24-14-12-19;/h7-16H2,1-6H3,(H2,20,21,22);1H. The molecule has 1 aliphatic rings. The first-order valence-corrected chi connectivity index (χ1v) is 9.55. The molecular formula is C19H41IN4O. The first kappa shape index (κ1) is 24.9. The Morgan fingerprint density at radius 3 is 2.32 bits per heavy atom. The first-order chi connectivity index (χ1) is 11.4. The molecule has 2 N–H and O–H groups in total. The Morgan fingerprint density at radius 1 is 1.16 bits per heavy atom. The summed E-state index contributed by atoms with van der Waals surface area (Å²) in [6, 6.07) is 0. The molecule has 6 heteroatoms. The Kier molecular flexibility index (Phi) is 12.3. The van der Waals surface area contributed by atoms with Gasteiger partial charge in [-0.3, -0.25) is 4.99 Å². The van der Waals surface area contributed by atoms with Crippen molar-refractivity contribution in [2.75, 3.05) is 47.4 Å². The van der Waals surface area contributed by atoms with E-state index in [9.17, 15) is 0 Å². The van der Waals surface area contributed by atoms with E-state index in [0.29, 0.717) is 5.41 Å². The van der Waals surface area contributed by atoms with Crippen molar-refractivity contribution in [2.45, 2.75) is 64.8 Å². The van der Waals surface area contributed by atoms with E-state index in [1.54, 1.807) is 0 Å². The van der Waals surface area contributed by atoms with Crippen LogP contribution in [-0.4, -0.2) is 63.8 Å². The average Bonchev–Trinajstić information content (AvgIpc) is 2.56. The maximum Gasteiger partial charge on any atom is 0.191 e. The van der Waals surface area contributed by atoms with Gasteiger partial charge < -0.3 is 20.3 Å². The van der Waals surface area contributed by atoms with Crippen LogP contribution in [-0.2, 0) is 4.74 Å². The minimum Gasteiger partial charge on any atom is -0.381 e. The molecule has 0 radical (unpaired) electrons. The highest BCUT2D eigenvalue weighted by molar-refractivity contribution is 14.0. The fourth-order valence-electron chi connectivity index (χ4n) is 3.27. The zero-order valence-electron chi connectivity index (χ0n) is 17.3. The molecule has 5 nitrogen and oxygen atoms in total. The third-order valence-corrected chi connectivity index (χ3v) is 5.37. The molecule has 25 heavy (non-hydrogen) atoms. The van der Waals surface area contributed by atoms with E-state index < -0.39 is 0 Å². The van der Waals surface area contributed by atoms with E-state index in [-0.39, 0.29) is 29.5 Å². The molecule has 0 aromatic rings. The quantitative estimate of drug-likeness (QED) is 0.236. The van der Waals surface area contributed by atoms with Crippen LogP contribution >= 0.6 is 24.0 Å². The van der Waals surface area contributed by atoms with Gasteiger partial charge in [0, 0.05) is 38.9 Å². The number of unbranched alkanes of at least 4 members (excludes halogenated alkanes) is 2. The monoisotopic (exact) mass is 468 g/mol. The molecule has 0 bridgehead atoms. The SMILES string of the molecule is CCCCCC(C)(C)CNC(=NC)NCC1(N(C)C)CCOCC1.I. The normalized spacial score (nSPS) is 18.0. The van der Waals surface area contributed by atoms with Gasteiger partial charge in [-0.25, -0.2) is 0 Å². The lowest BCUT2D eigenvalue weighted by Crippen LogP contribution is -2.57. The number of hydrogen-bond donors (Lipinski definition) is 2. The lowest BCUT2D eigenvalue weighted by molar-refractivity contribution is -0.00502. The lowest BCUT2D eigenvalue weighted by atomic mass is 9.87. The number of nitrogens with zero attached hydrogens (tertiary/aromatic N) is 2. The summed E-state index contributed by atoms with van der Waals surface area (Å²) in [6.07, 6.45) is 7.29. The number of rotatable bonds is 9. The molecule has 1 aliphatic heterocycles. The van der Waals surface area contributed by atoms with Crippen molar-refractivity contribution in [2.24, 2.45) is 10.4 Å². The van der Waals surface area contributed by atoms with Crippen molar-refractivity contribution in [1.29, 1.82) is 0 Å². The van der Waals surface area contributed by atoms with Crippen LogP contribution in [0.15, 0.2) is 4.99 Å². The molecule has 0 spiro atoms. The zero-order valence-corrected chi connectivity index (χ0v) is 19.6. The van der Waals surface area contributed by atoms with Crippen molar-refractivity contribution in [1.82, 2.24) is 15.5 Å². The second kappa shape index (κ2) is 12.3. The zero-order chi connectivity index (χ0) is 18.1. The highest BCUT2D eigenvalue weighted by Gasteiger charge is 2.34. The Hall–Kier alpha value is -0.0800. The maximum atomic E-state index is 5.55. The van der Waals surface area contributed by atoms with Gasteiger partial charge in [0.05, 0.1) is 0 Å². The predicted octanol–water partition coefficient (Wildman–Crippen LogP) is 3.49. The topological polar surface area (TPSA) is 48.9 Å². The van der Waals surface area contributed by atoms with Gasteiger partial charge in [-0.05, 0) is 38.8 Å². The van der Waals surface area contributed by atoms with Crippen molar-refractivity contribution < 1.29 is 4.74 Å². The Labute approximate surface area is 172 Å². The van der Waals surface area contributed by atoms with E-state index >= 15 is 0 Å². The summed E-state index contributed by atoms with van der Waals surface area (Å²) >= 11 is 0. The van der Waals surface area contributed by atoms with Gasteiger partial charge in [0.2, 0.25) is 0 Å². The van der Waals surface area contributed by atoms with Gasteiger partial charge in [-0.15, -0.1) is 24.0 Å². The van der Waals surface area contributed by atoms with Gasteiger partial charge in [0.25, 0.3) is 0 Å². The van der Waals surface area contributed by atoms with Gasteiger partial charge in [-0.2, -0.15) is 0 Å². The molecule has 0 amide bonds. The maximum absolute atomic E-state index is 5.55. The largest absolute Gasteiger partial charge is 0.381 e. The van der Waals surface area contributed by atoms with E-state index in [1.807, 2.05) is 7.05 Å². The number of hydrogen-bond acceptors (Lipinski definition) is 3. The number of likely N-dealkylation sites (N-methyl/N-ethyl adjacent to an activating group) is 1.